The van der Waals surface area contributed by atoms with Gasteiger partial charge in [-0.15, -0.1) is 0 Å². The Morgan fingerprint density at radius 1 is 1.19 bits per heavy atom. The first-order chi connectivity index (χ1) is 14.8. The molecule has 2 aromatic heterocycles. The predicted molar refractivity (Wildman–Crippen MR) is 117 cm³/mol. The van der Waals surface area contributed by atoms with E-state index in [1.807, 2.05) is 0 Å². The van der Waals surface area contributed by atoms with Gasteiger partial charge in [0.15, 0.2) is 5.82 Å². The molecule has 3 rings (SSSR count). The van der Waals surface area contributed by atoms with Gasteiger partial charge in [-0.05, 0) is 18.2 Å². The average Bonchev–Trinajstić information content (AvgIpc) is 2.71. The van der Waals surface area contributed by atoms with Crippen LogP contribution in [0, 0.1) is 10.1 Å². The van der Waals surface area contributed by atoms with Crippen molar-refractivity contribution in [2.75, 3.05) is 11.9 Å². The molecule has 0 radical (unpaired) electrons. The second kappa shape index (κ2) is 9.65. The van der Waals surface area contributed by atoms with Crippen molar-refractivity contribution in [2.24, 2.45) is 4.99 Å². The van der Waals surface area contributed by atoms with E-state index in [0.29, 0.717) is 5.02 Å². The van der Waals surface area contributed by atoms with Crippen LogP contribution in [0.25, 0.3) is 11.3 Å². The van der Waals surface area contributed by atoms with Crippen LogP contribution in [-0.2, 0) is 0 Å². The lowest BCUT2D eigenvalue weighted by atomic mass is 10.1. The molecule has 0 atom stereocenters. The number of aromatic carboxylic acids is 1. The highest BCUT2D eigenvalue weighted by atomic mass is 35.5. The highest BCUT2D eigenvalue weighted by Gasteiger charge is 2.20. The molecule has 3 aromatic rings. The van der Waals surface area contributed by atoms with Crippen LogP contribution in [0.4, 0.5) is 17.5 Å². The normalized spacial score (nSPS) is 10.9. The van der Waals surface area contributed by atoms with Crippen LogP contribution >= 0.6 is 34.8 Å². The molecule has 0 aliphatic rings. The van der Waals surface area contributed by atoms with Gasteiger partial charge in [-0.1, -0.05) is 34.8 Å². The Balaban J connectivity index is 1.81. The smallest absolute Gasteiger partial charge is 0.339 e. The number of hydrogen-bond donors (Lipinski definition) is 2. The minimum atomic E-state index is -1.26. The summed E-state index contributed by atoms with van der Waals surface area (Å²) in [6, 6.07) is 5.53. The zero-order valence-corrected chi connectivity index (χ0v) is 17.6. The Morgan fingerprint density at radius 3 is 2.48 bits per heavy atom. The van der Waals surface area contributed by atoms with Crippen molar-refractivity contribution in [1.29, 1.82) is 0 Å². The molecule has 0 unspecified atom stereocenters. The molecule has 0 spiro atoms. The minimum absolute atomic E-state index is 0.0191. The van der Waals surface area contributed by atoms with Crippen LogP contribution in [0.1, 0.15) is 10.4 Å². The zero-order chi connectivity index (χ0) is 22.5. The summed E-state index contributed by atoms with van der Waals surface area (Å²) in [6.45, 7) is 0.159. The summed E-state index contributed by atoms with van der Waals surface area (Å²) >= 11 is 18.3. The van der Waals surface area contributed by atoms with E-state index in [9.17, 15) is 20.0 Å². The summed E-state index contributed by atoms with van der Waals surface area (Å²) in [4.78, 5) is 37.8. The van der Waals surface area contributed by atoms with Crippen LogP contribution in [-0.4, -0.2) is 43.7 Å². The van der Waals surface area contributed by atoms with Crippen molar-refractivity contribution >= 4 is 64.4 Å². The number of anilines is 1. The number of pyridine rings is 1. The Kier molecular flexibility index (Phi) is 6.95. The van der Waals surface area contributed by atoms with Crippen molar-refractivity contribution < 1.29 is 14.8 Å². The van der Waals surface area contributed by atoms with Gasteiger partial charge in [0.25, 0.3) is 5.69 Å². The van der Waals surface area contributed by atoms with E-state index in [0.717, 1.165) is 12.4 Å². The Labute approximate surface area is 189 Å². The van der Waals surface area contributed by atoms with E-state index < -0.39 is 10.9 Å². The lowest BCUT2D eigenvalue weighted by Crippen LogP contribution is -2.10. The molecule has 0 fully saturated rings. The van der Waals surface area contributed by atoms with Gasteiger partial charge in [-0.25, -0.2) is 24.7 Å². The number of nitro groups is 1. The topological polar surface area (TPSA) is 144 Å². The third kappa shape index (κ3) is 5.43. The van der Waals surface area contributed by atoms with Crippen molar-refractivity contribution in [3.63, 3.8) is 0 Å². The Morgan fingerprint density at radius 2 is 1.90 bits per heavy atom. The molecule has 0 bridgehead atoms. The van der Waals surface area contributed by atoms with Crippen LogP contribution in [0.2, 0.25) is 15.1 Å². The number of nitrogens with zero attached hydrogens (tertiary/aromatic N) is 5. The highest BCUT2D eigenvalue weighted by molar-refractivity contribution is 6.42. The maximum absolute atomic E-state index is 11.6. The lowest BCUT2D eigenvalue weighted by Gasteiger charge is -2.11. The van der Waals surface area contributed by atoms with Crippen LogP contribution < -0.4 is 5.32 Å². The second-order valence-electron chi connectivity index (χ2n) is 5.83. The van der Waals surface area contributed by atoms with E-state index in [-0.39, 0.29) is 50.9 Å². The first-order valence-corrected chi connectivity index (χ1v) is 9.51. The van der Waals surface area contributed by atoms with Crippen molar-refractivity contribution in [3.8, 4) is 11.3 Å². The number of rotatable bonds is 7. The number of carboxylic acids is 1. The first kappa shape index (κ1) is 22.3. The van der Waals surface area contributed by atoms with Crippen molar-refractivity contribution in [2.45, 2.75) is 0 Å². The maximum Gasteiger partial charge on any atom is 0.339 e. The average molecular weight is 482 g/mol. The van der Waals surface area contributed by atoms with E-state index >= 15 is 0 Å². The summed E-state index contributed by atoms with van der Waals surface area (Å²) in [5.74, 6) is -0.880. The maximum atomic E-state index is 11.6. The summed E-state index contributed by atoms with van der Waals surface area (Å²) in [5, 5.41) is 23.5. The van der Waals surface area contributed by atoms with Crippen molar-refractivity contribution in [3.05, 3.63) is 67.4 Å². The molecule has 1 aromatic carbocycles. The molecule has 31 heavy (non-hydrogen) atoms. The van der Waals surface area contributed by atoms with E-state index in [1.54, 1.807) is 0 Å². The Hall–Kier alpha value is -3.34. The fraction of sp³-hybridized carbons (Fsp3) is 0.0556. The number of hydrogen-bond acceptors (Lipinski definition) is 8. The van der Waals surface area contributed by atoms with Gasteiger partial charge in [0.2, 0.25) is 5.95 Å². The molecule has 13 heteroatoms. The third-order valence-electron chi connectivity index (χ3n) is 3.78. The highest BCUT2D eigenvalue weighted by Crippen LogP contribution is 2.38. The number of aromatic nitrogens is 3. The molecule has 2 N–H and O–H groups in total. The molecule has 0 saturated heterocycles. The molecular formula is C18H11Cl3N6O4. The van der Waals surface area contributed by atoms with Gasteiger partial charge in [0.1, 0.15) is 11.8 Å². The van der Waals surface area contributed by atoms with E-state index in [4.69, 9.17) is 34.8 Å². The van der Waals surface area contributed by atoms with Gasteiger partial charge < -0.3 is 10.4 Å². The van der Waals surface area contributed by atoms with E-state index in [2.05, 4.69) is 25.3 Å². The van der Waals surface area contributed by atoms with Gasteiger partial charge in [0, 0.05) is 29.1 Å². The standard InChI is InChI=1S/C18H11Cl3N6O4/c19-9-5-12(20)15(13(21)6-9)16-11(17(28)29)8-25-18(26-16)23-4-3-22-14-2-1-10(7-24-14)27(30)31/h1-3,5-8H,4H2,(H,28,29)(H,23,25,26). The number of carbonyl (C=O) groups is 1. The predicted octanol–water partition coefficient (Wildman–Crippen LogP) is 4.92. The van der Waals surface area contributed by atoms with Crippen molar-refractivity contribution in [1.82, 2.24) is 15.0 Å². The van der Waals surface area contributed by atoms with Gasteiger partial charge in [-0.2, -0.15) is 0 Å². The van der Waals surface area contributed by atoms with Crippen LogP contribution in [0.5, 0.6) is 0 Å². The summed E-state index contributed by atoms with van der Waals surface area (Å²) in [5.41, 5.74) is -0.110. The molecule has 10 nitrogen and oxygen atoms in total. The lowest BCUT2D eigenvalue weighted by molar-refractivity contribution is -0.385. The monoisotopic (exact) mass is 480 g/mol. The zero-order valence-electron chi connectivity index (χ0n) is 15.3. The van der Waals surface area contributed by atoms with Gasteiger partial charge in [-0.3, -0.25) is 10.1 Å². The molecule has 0 amide bonds. The minimum Gasteiger partial charge on any atom is -0.478 e. The molecule has 158 valence electrons. The number of carboxylic acid groups (broad SMARTS) is 1. The fourth-order valence-corrected chi connectivity index (χ4v) is 3.42. The summed E-state index contributed by atoms with van der Waals surface area (Å²) in [7, 11) is 0. The number of aliphatic imine (C=N–C) groups is 1. The third-order valence-corrected chi connectivity index (χ3v) is 4.60. The summed E-state index contributed by atoms with van der Waals surface area (Å²) in [6.07, 6.45) is 3.67. The summed E-state index contributed by atoms with van der Waals surface area (Å²) < 4.78 is 0. The molecule has 2 heterocycles. The molecule has 0 aliphatic heterocycles. The first-order valence-electron chi connectivity index (χ1n) is 8.38. The van der Waals surface area contributed by atoms with E-state index in [1.165, 1.54) is 30.5 Å². The second-order valence-corrected chi connectivity index (χ2v) is 7.08. The largest absolute Gasteiger partial charge is 0.478 e. The number of benzene rings is 1. The molecule has 0 aliphatic carbocycles. The quantitative estimate of drug-likeness (QED) is 0.275. The fourth-order valence-electron chi connectivity index (χ4n) is 2.42. The van der Waals surface area contributed by atoms with Gasteiger partial charge in [0.05, 0.1) is 27.2 Å². The SMILES string of the molecule is O=C(O)c1cnc(NCC=Nc2ccc([N+](=O)[O-])cn2)nc1-c1c(Cl)cc(Cl)cc1Cl. The van der Waals surface area contributed by atoms with Crippen LogP contribution in [0.3, 0.4) is 0 Å². The van der Waals surface area contributed by atoms with Gasteiger partial charge >= 0.3 is 5.97 Å². The molecule has 0 saturated carbocycles. The molecular weight excluding hydrogens is 471 g/mol. The number of nitrogens with one attached hydrogen (secondary N) is 1. The van der Waals surface area contributed by atoms with Crippen LogP contribution in [0.15, 0.2) is 41.7 Å². The Bertz CT molecular complexity index is 1160. The number of halogens is 3.